The first kappa shape index (κ1) is 19.6. The lowest BCUT2D eigenvalue weighted by molar-refractivity contribution is 0.394. The zero-order valence-electron chi connectivity index (χ0n) is 16.0. The zero-order chi connectivity index (χ0) is 19.4. The number of hydrogen-bond acceptors (Lipinski definition) is 6. The molecule has 1 N–H and O–H groups in total. The standard InChI is InChI=1S/C19H26N4O3S/c1-14-10-17(26-3)18(11-15(14)2)27(24,25)22-12-16-4-8-23(9-5-16)19-13-20-6-7-21-19/h6-7,10-11,13,16,22H,4-5,8-9,12H2,1-3H3. The maximum atomic E-state index is 12.8. The summed E-state index contributed by atoms with van der Waals surface area (Å²) in [4.78, 5) is 10.8. The topological polar surface area (TPSA) is 84.4 Å². The van der Waals surface area contributed by atoms with Crippen LogP contribution >= 0.6 is 0 Å². The lowest BCUT2D eigenvalue weighted by atomic mass is 9.97. The molecule has 2 heterocycles. The number of ether oxygens (including phenoxy) is 1. The molecule has 0 radical (unpaired) electrons. The van der Waals surface area contributed by atoms with Gasteiger partial charge in [-0.25, -0.2) is 18.1 Å². The molecular formula is C19H26N4O3S. The quantitative estimate of drug-likeness (QED) is 0.815. The molecule has 0 spiro atoms. The smallest absolute Gasteiger partial charge is 0.244 e. The molecule has 1 aliphatic heterocycles. The number of anilines is 1. The van der Waals surface area contributed by atoms with Gasteiger partial charge in [-0.15, -0.1) is 0 Å². The summed E-state index contributed by atoms with van der Waals surface area (Å²) in [6.45, 7) is 5.95. The van der Waals surface area contributed by atoms with Crippen molar-refractivity contribution in [2.24, 2.45) is 5.92 Å². The summed E-state index contributed by atoms with van der Waals surface area (Å²) < 4.78 is 33.6. The Balaban J connectivity index is 1.61. The predicted molar refractivity (Wildman–Crippen MR) is 105 cm³/mol. The molecule has 2 aromatic rings. The van der Waals surface area contributed by atoms with Crippen LogP contribution in [-0.2, 0) is 10.0 Å². The SMILES string of the molecule is COc1cc(C)c(C)cc1S(=O)(=O)NCC1CCN(c2cnccn2)CC1. The lowest BCUT2D eigenvalue weighted by Crippen LogP contribution is -2.39. The maximum Gasteiger partial charge on any atom is 0.244 e. The molecule has 3 rings (SSSR count). The molecule has 8 heteroatoms. The Bertz CT molecular complexity index is 879. The van der Waals surface area contributed by atoms with Crippen molar-refractivity contribution in [3.8, 4) is 5.75 Å². The van der Waals surface area contributed by atoms with E-state index in [0.29, 0.717) is 18.2 Å². The van der Waals surface area contributed by atoms with E-state index in [9.17, 15) is 8.42 Å². The highest BCUT2D eigenvalue weighted by atomic mass is 32.2. The predicted octanol–water partition coefficient (Wildman–Crippen LogP) is 2.30. The van der Waals surface area contributed by atoms with Gasteiger partial charge in [-0.1, -0.05) is 0 Å². The summed E-state index contributed by atoms with van der Waals surface area (Å²) in [7, 11) is -2.13. The molecule has 0 atom stereocenters. The Morgan fingerprint density at radius 2 is 1.89 bits per heavy atom. The van der Waals surface area contributed by atoms with Gasteiger partial charge < -0.3 is 9.64 Å². The summed E-state index contributed by atoms with van der Waals surface area (Å²) in [6, 6.07) is 3.44. The van der Waals surface area contributed by atoms with E-state index in [4.69, 9.17) is 4.74 Å². The van der Waals surface area contributed by atoms with Crippen LogP contribution in [0.5, 0.6) is 5.75 Å². The van der Waals surface area contributed by atoms with Gasteiger partial charge in [0.1, 0.15) is 16.5 Å². The van der Waals surface area contributed by atoms with Gasteiger partial charge in [0.15, 0.2) is 0 Å². The van der Waals surface area contributed by atoms with Crippen LogP contribution in [0.2, 0.25) is 0 Å². The summed E-state index contributed by atoms with van der Waals surface area (Å²) in [5.74, 6) is 1.55. The van der Waals surface area contributed by atoms with Gasteiger partial charge in [0.2, 0.25) is 10.0 Å². The average molecular weight is 391 g/mol. The van der Waals surface area contributed by atoms with Crippen LogP contribution in [0.15, 0.2) is 35.6 Å². The molecular weight excluding hydrogens is 364 g/mol. The largest absolute Gasteiger partial charge is 0.495 e. The van der Waals surface area contributed by atoms with Crippen LogP contribution < -0.4 is 14.4 Å². The molecule has 1 fully saturated rings. The lowest BCUT2D eigenvalue weighted by Gasteiger charge is -2.32. The van der Waals surface area contributed by atoms with Crippen molar-refractivity contribution in [3.63, 3.8) is 0 Å². The molecule has 27 heavy (non-hydrogen) atoms. The Kier molecular flexibility index (Phi) is 5.96. The minimum Gasteiger partial charge on any atom is -0.495 e. The summed E-state index contributed by atoms with van der Waals surface area (Å²) in [6.07, 6.45) is 6.92. The second-order valence-electron chi connectivity index (χ2n) is 6.93. The van der Waals surface area contributed by atoms with E-state index in [1.807, 2.05) is 13.8 Å². The number of nitrogens with one attached hydrogen (secondary N) is 1. The number of hydrogen-bond donors (Lipinski definition) is 1. The fourth-order valence-corrected chi connectivity index (χ4v) is 4.61. The highest BCUT2D eigenvalue weighted by molar-refractivity contribution is 7.89. The number of methoxy groups -OCH3 is 1. The molecule has 0 aliphatic carbocycles. The van der Waals surface area contributed by atoms with Crippen molar-refractivity contribution >= 4 is 15.8 Å². The summed E-state index contributed by atoms with van der Waals surface area (Å²) in [5, 5.41) is 0. The molecule has 146 valence electrons. The molecule has 0 saturated carbocycles. The normalized spacial score (nSPS) is 15.7. The number of aryl methyl sites for hydroxylation is 2. The monoisotopic (exact) mass is 390 g/mol. The third-order valence-electron chi connectivity index (χ3n) is 5.12. The van der Waals surface area contributed by atoms with E-state index in [2.05, 4.69) is 19.6 Å². The van der Waals surface area contributed by atoms with Crippen LogP contribution in [0.1, 0.15) is 24.0 Å². The van der Waals surface area contributed by atoms with Crippen molar-refractivity contribution in [2.45, 2.75) is 31.6 Å². The third kappa shape index (κ3) is 4.56. The third-order valence-corrected chi connectivity index (χ3v) is 6.56. The molecule has 0 bridgehead atoms. The van der Waals surface area contributed by atoms with Gasteiger partial charge in [0, 0.05) is 32.0 Å². The van der Waals surface area contributed by atoms with E-state index >= 15 is 0 Å². The van der Waals surface area contributed by atoms with Gasteiger partial charge in [-0.2, -0.15) is 0 Å². The minimum absolute atomic E-state index is 0.199. The van der Waals surface area contributed by atoms with Crippen LogP contribution in [0.25, 0.3) is 0 Å². The first-order valence-electron chi connectivity index (χ1n) is 9.06. The van der Waals surface area contributed by atoms with Crippen molar-refractivity contribution in [2.75, 3.05) is 31.6 Å². The number of nitrogens with zero attached hydrogens (tertiary/aromatic N) is 3. The van der Waals surface area contributed by atoms with Gasteiger partial charge in [0.05, 0.1) is 13.3 Å². The van der Waals surface area contributed by atoms with Gasteiger partial charge in [-0.3, -0.25) is 4.98 Å². The molecule has 1 aromatic carbocycles. The van der Waals surface area contributed by atoms with Crippen LogP contribution in [-0.4, -0.2) is 45.1 Å². The van der Waals surface area contributed by atoms with Crippen molar-refractivity contribution in [1.82, 2.24) is 14.7 Å². The van der Waals surface area contributed by atoms with Crippen molar-refractivity contribution in [1.29, 1.82) is 0 Å². The Morgan fingerprint density at radius 3 is 2.52 bits per heavy atom. The molecule has 1 aromatic heterocycles. The minimum atomic E-state index is -3.62. The number of benzene rings is 1. The zero-order valence-corrected chi connectivity index (χ0v) is 16.8. The number of aromatic nitrogens is 2. The average Bonchev–Trinajstić information content (AvgIpc) is 2.69. The first-order chi connectivity index (χ1) is 12.9. The summed E-state index contributed by atoms with van der Waals surface area (Å²) >= 11 is 0. The fourth-order valence-electron chi connectivity index (χ4n) is 3.26. The molecule has 7 nitrogen and oxygen atoms in total. The van der Waals surface area contributed by atoms with Gasteiger partial charge >= 0.3 is 0 Å². The van der Waals surface area contributed by atoms with Gasteiger partial charge in [-0.05, 0) is 55.9 Å². The Labute approximate surface area is 160 Å². The van der Waals surface area contributed by atoms with Crippen LogP contribution in [0.4, 0.5) is 5.82 Å². The van der Waals surface area contributed by atoms with Crippen LogP contribution in [0, 0.1) is 19.8 Å². The molecule has 0 amide bonds. The van der Waals surface area contributed by atoms with Gasteiger partial charge in [0.25, 0.3) is 0 Å². The second-order valence-corrected chi connectivity index (χ2v) is 8.67. The highest BCUT2D eigenvalue weighted by Gasteiger charge is 2.25. The highest BCUT2D eigenvalue weighted by Crippen LogP contribution is 2.28. The van der Waals surface area contributed by atoms with E-state index in [-0.39, 0.29) is 4.90 Å². The number of sulfonamides is 1. The molecule has 1 saturated heterocycles. The second kappa shape index (κ2) is 8.22. The molecule has 0 unspecified atom stereocenters. The van der Waals surface area contributed by atoms with E-state index < -0.39 is 10.0 Å². The van der Waals surface area contributed by atoms with Crippen molar-refractivity contribution in [3.05, 3.63) is 41.9 Å². The Morgan fingerprint density at radius 1 is 1.19 bits per heavy atom. The van der Waals surface area contributed by atoms with E-state index in [1.54, 1.807) is 30.7 Å². The fraction of sp³-hybridized carbons (Fsp3) is 0.474. The van der Waals surface area contributed by atoms with E-state index in [0.717, 1.165) is 42.9 Å². The Hall–Kier alpha value is -2.19. The summed E-state index contributed by atoms with van der Waals surface area (Å²) in [5.41, 5.74) is 1.93. The number of piperidine rings is 1. The van der Waals surface area contributed by atoms with Crippen molar-refractivity contribution < 1.29 is 13.2 Å². The van der Waals surface area contributed by atoms with E-state index in [1.165, 1.54) is 7.11 Å². The molecule has 1 aliphatic rings. The first-order valence-corrected chi connectivity index (χ1v) is 10.5. The number of rotatable bonds is 6. The maximum absolute atomic E-state index is 12.8. The van der Waals surface area contributed by atoms with Crippen LogP contribution in [0.3, 0.4) is 0 Å².